The van der Waals surface area contributed by atoms with Gasteiger partial charge in [-0.15, -0.1) is 0 Å². The SMILES string of the molecule is C[C@@H](Br)[C@]1(c2ccccc2)CCCC1=O. The van der Waals surface area contributed by atoms with Gasteiger partial charge in [0.25, 0.3) is 0 Å². The summed E-state index contributed by atoms with van der Waals surface area (Å²) >= 11 is 3.61. The van der Waals surface area contributed by atoms with Gasteiger partial charge in [-0.1, -0.05) is 53.2 Å². The molecular weight excluding hydrogens is 252 g/mol. The van der Waals surface area contributed by atoms with Gasteiger partial charge in [-0.3, -0.25) is 4.79 Å². The van der Waals surface area contributed by atoms with Gasteiger partial charge in [0.1, 0.15) is 5.78 Å². The molecule has 0 aromatic heterocycles. The predicted molar refractivity (Wildman–Crippen MR) is 65.4 cm³/mol. The molecule has 0 amide bonds. The molecule has 0 aliphatic heterocycles. The molecule has 1 aliphatic carbocycles. The van der Waals surface area contributed by atoms with Gasteiger partial charge < -0.3 is 0 Å². The van der Waals surface area contributed by atoms with Crippen LogP contribution in [0.1, 0.15) is 31.7 Å². The summed E-state index contributed by atoms with van der Waals surface area (Å²) in [6, 6.07) is 10.2. The van der Waals surface area contributed by atoms with Crippen molar-refractivity contribution >= 4 is 21.7 Å². The van der Waals surface area contributed by atoms with Crippen molar-refractivity contribution in [3.8, 4) is 0 Å². The number of carbonyl (C=O) groups is 1. The maximum Gasteiger partial charge on any atom is 0.144 e. The fraction of sp³-hybridized carbons (Fsp3) is 0.462. The lowest BCUT2D eigenvalue weighted by atomic mass is 9.76. The van der Waals surface area contributed by atoms with E-state index >= 15 is 0 Å². The van der Waals surface area contributed by atoms with Crippen molar-refractivity contribution in [1.82, 2.24) is 0 Å². The number of benzene rings is 1. The van der Waals surface area contributed by atoms with Gasteiger partial charge in [-0.25, -0.2) is 0 Å². The molecule has 1 aromatic rings. The third kappa shape index (κ3) is 1.65. The maximum atomic E-state index is 12.1. The topological polar surface area (TPSA) is 17.1 Å². The van der Waals surface area contributed by atoms with Crippen LogP contribution in [0, 0.1) is 0 Å². The Morgan fingerprint density at radius 3 is 2.47 bits per heavy atom. The van der Waals surface area contributed by atoms with Crippen molar-refractivity contribution in [2.45, 2.75) is 36.4 Å². The van der Waals surface area contributed by atoms with Gasteiger partial charge in [0.15, 0.2) is 0 Å². The highest BCUT2D eigenvalue weighted by atomic mass is 79.9. The Morgan fingerprint density at radius 1 is 1.33 bits per heavy atom. The number of alkyl halides is 1. The molecule has 80 valence electrons. The first kappa shape index (κ1) is 10.9. The summed E-state index contributed by atoms with van der Waals surface area (Å²) in [6.45, 7) is 2.08. The largest absolute Gasteiger partial charge is 0.299 e. The minimum atomic E-state index is -0.277. The summed E-state index contributed by atoms with van der Waals surface area (Å²) < 4.78 is 0. The van der Waals surface area contributed by atoms with Gasteiger partial charge >= 0.3 is 0 Å². The molecule has 0 bridgehead atoms. The zero-order valence-electron chi connectivity index (χ0n) is 8.87. The number of hydrogen-bond donors (Lipinski definition) is 0. The van der Waals surface area contributed by atoms with Crippen molar-refractivity contribution in [3.05, 3.63) is 35.9 Å². The predicted octanol–water partition coefficient (Wildman–Crippen LogP) is 3.46. The van der Waals surface area contributed by atoms with E-state index in [4.69, 9.17) is 0 Å². The minimum Gasteiger partial charge on any atom is -0.299 e. The lowest BCUT2D eigenvalue weighted by molar-refractivity contribution is -0.122. The number of carbonyl (C=O) groups excluding carboxylic acids is 1. The molecule has 0 radical (unpaired) electrons. The summed E-state index contributed by atoms with van der Waals surface area (Å²) in [5.74, 6) is 0.387. The van der Waals surface area contributed by atoms with Crippen LogP contribution in [-0.2, 0) is 10.2 Å². The first-order chi connectivity index (χ1) is 7.18. The molecule has 0 spiro atoms. The first-order valence-electron chi connectivity index (χ1n) is 5.41. The Balaban J connectivity index is 2.49. The molecule has 15 heavy (non-hydrogen) atoms. The van der Waals surface area contributed by atoms with E-state index in [0.717, 1.165) is 24.8 Å². The highest BCUT2D eigenvalue weighted by Gasteiger charge is 2.46. The quantitative estimate of drug-likeness (QED) is 0.750. The Hall–Kier alpha value is -0.630. The molecule has 0 saturated heterocycles. The van der Waals surface area contributed by atoms with Gasteiger partial charge in [0.2, 0.25) is 0 Å². The van der Waals surface area contributed by atoms with E-state index in [0.29, 0.717) is 5.78 Å². The zero-order valence-corrected chi connectivity index (χ0v) is 10.5. The number of rotatable bonds is 2. The lowest BCUT2D eigenvalue weighted by Crippen LogP contribution is -2.38. The van der Waals surface area contributed by atoms with E-state index < -0.39 is 0 Å². The highest BCUT2D eigenvalue weighted by Crippen LogP contribution is 2.43. The van der Waals surface area contributed by atoms with Crippen molar-refractivity contribution < 1.29 is 4.79 Å². The molecule has 1 saturated carbocycles. The molecule has 0 heterocycles. The van der Waals surface area contributed by atoms with Crippen molar-refractivity contribution in [3.63, 3.8) is 0 Å². The highest BCUT2D eigenvalue weighted by molar-refractivity contribution is 9.09. The van der Waals surface area contributed by atoms with Gasteiger partial charge in [0, 0.05) is 11.2 Å². The van der Waals surface area contributed by atoms with Crippen LogP contribution in [-0.4, -0.2) is 10.6 Å². The number of halogens is 1. The standard InChI is InChI=1S/C13H15BrO/c1-10(14)13(9-5-8-12(13)15)11-6-3-2-4-7-11/h2-4,6-7,10H,5,8-9H2,1H3/t10-,13+/m1/s1. The van der Waals surface area contributed by atoms with Crippen LogP contribution in [0.5, 0.6) is 0 Å². The molecule has 1 nitrogen and oxygen atoms in total. The fourth-order valence-corrected chi connectivity index (χ4v) is 3.33. The van der Waals surface area contributed by atoms with Crippen LogP contribution in [0.2, 0.25) is 0 Å². The van der Waals surface area contributed by atoms with Crippen LogP contribution in [0.15, 0.2) is 30.3 Å². The number of ketones is 1. The average molecular weight is 267 g/mol. The Bertz CT molecular complexity index is 358. The summed E-state index contributed by atoms with van der Waals surface area (Å²) in [5.41, 5.74) is 0.887. The normalized spacial score (nSPS) is 28.0. The van der Waals surface area contributed by atoms with E-state index in [-0.39, 0.29) is 10.2 Å². The molecule has 1 aliphatic rings. The van der Waals surface area contributed by atoms with Crippen LogP contribution in [0.3, 0.4) is 0 Å². The van der Waals surface area contributed by atoms with E-state index in [1.54, 1.807) is 0 Å². The molecule has 1 aromatic carbocycles. The first-order valence-corrected chi connectivity index (χ1v) is 6.32. The van der Waals surface area contributed by atoms with E-state index in [1.165, 1.54) is 0 Å². The molecule has 0 unspecified atom stereocenters. The average Bonchev–Trinajstić information content (AvgIpc) is 2.62. The molecule has 1 fully saturated rings. The van der Waals surface area contributed by atoms with Crippen LogP contribution < -0.4 is 0 Å². The fourth-order valence-electron chi connectivity index (χ4n) is 2.58. The maximum absolute atomic E-state index is 12.1. The van der Waals surface area contributed by atoms with Gasteiger partial charge in [-0.05, 0) is 18.4 Å². The summed E-state index contributed by atoms with van der Waals surface area (Å²) in [5, 5.41) is 0. The smallest absolute Gasteiger partial charge is 0.144 e. The third-order valence-corrected chi connectivity index (χ3v) is 4.22. The second-order valence-corrected chi connectivity index (χ2v) is 5.60. The molecule has 0 N–H and O–H groups in total. The van der Waals surface area contributed by atoms with Crippen molar-refractivity contribution in [2.24, 2.45) is 0 Å². The molecule has 2 atom stereocenters. The van der Waals surface area contributed by atoms with Crippen molar-refractivity contribution in [1.29, 1.82) is 0 Å². The van der Waals surface area contributed by atoms with E-state index in [1.807, 2.05) is 18.2 Å². The lowest BCUT2D eigenvalue weighted by Gasteiger charge is -2.31. The second-order valence-electron chi connectivity index (χ2n) is 4.23. The van der Waals surface area contributed by atoms with Crippen LogP contribution >= 0.6 is 15.9 Å². The van der Waals surface area contributed by atoms with Gasteiger partial charge in [0.05, 0.1) is 5.41 Å². The number of hydrogen-bond acceptors (Lipinski definition) is 1. The van der Waals surface area contributed by atoms with Crippen LogP contribution in [0.25, 0.3) is 0 Å². The van der Waals surface area contributed by atoms with Crippen LogP contribution in [0.4, 0.5) is 0 Å². The summed E-state index contributed by atoms with van der Waals surface area (Å²) in [6.07, 6.45) is 2.72. The monoisotopic (exact) mass is 266 g/mol. The summed E-state index contributed by atoms with van der Waals surface area (Å²) in [7, 11) is 0. The van der Waals surface area contributed by atoms with E-state index in [2.05, 4.69) is 35.0 Å². The third-order valence-electron chi connectivity index (χ3n) is 3.44. The Morgan fingerprint density at radius 2 is 2.00 bits per heavy atom. The molecule has 2 heteroatoms. The minimum absolute atomic E-state index is 0.211. The zero-order chi connectivity index (χ0) is 10.9. The second kappa shape index (κ2) is 4.09. The Kier molecular flexibility index (Phi) is 2.96. The summed E-state index contributed by atoms with van der Waals surface area (Å²) in [4.78, 5) is 12.3. The molecule has 2 rings (SSSR count). The molecular formula is C13H15BrO. The Labute approximate surface area is 99.0 Å². The van der Waals surface area contributed by atoms with Crippen molar-refractivity contribution in [2.75, 3.05) is 0 Å². The number of Topliss-reactive ketones (excluding diaryl/α,β-unsaturated/α-hetero) is 1. The van der Waals surface area contributed by atoms with Gasteiger partial charge in [-0.2, -0.15) is 0 Å². The van der Waals surface area contributed by atoms with E-state index in [9.17, 15) is 4.79 Å².